The number of anilines is 2. The van der Waals surface area contributed by atoms with Crippen LogP contribution in [0.25, 0.3) is 0 Å². The highest BCUT2D eigenvalue weighted by Gasteiger charge is 2.14. The number of thiocarbonyl (C=S) groups is 1. The molecule has 0 bridgehead atoms. The predicted octanol–water partition coefficient (Wildman–Crippen LogP) is 6.74. The molecule has 0 aliphatic carbocycles. The van der Waals surface area contributed by atoms with E-state index in [1.54, 1.807) is 23.9 Å². The van der Waals surface area contributed by atoms with Crippen LogP contribution in [-0.4, -0.2) is 15.1 Å². The molecule has 0 atom stereocenters. The van der Waals surface area contributed by atoms with Gasteiger partial charge in [0.1, 0.15) is 4.32 Å². The molecule has 0 saturated carbocycles. The lowest BCUT2D eigenvalue weighted by molar-refractivity contribution is 0.102. The predicted molar refractivity (Wildman–Crippen MR) is 151 cm³/mol. The van der Waals surface area contributed by atoms with Gasteiger partial charge < -0.3 is 16.0 Å². The van der Waals surface area contributed by atoms with Crippen LogP contribution in [0, 0.1) is 0 Å². The number of para-hydroxylation sites is 2. The SMILES string of the molecule is Nc1ccccc1NC(=O)c1ccc(CN(Cc2ccccc2)C(=S)SCc2ccccc2)cc1. The van der Waals surface area contributed by atoms with Gasteiger partial charge in [-0.3, -0.25) is 4.79 Å². The third-order valence-corrected chi connectivity index (χ3v) is 7.07. The molecule has 0 aliphatic rings. The lowest BCUT2D eigenvalue weighted by atomic mass is 10.1. The minimum Gasteiger partial charge on any atom is -0.397 e. The van der Waals surface area contributed by atoms with Crippen LogP contribution in [0.4, 0.5) is 11.4 Å². The highest BCUT2D eigenvalue weighted by molar-refractivity contribution is 8.22. The molecule has 0 aromatic heterocycles. The molecule has 4 aromatic rings. The summed E-state index contributed by atoms with van der Waals surface area (Å²) in [7, 11) is 0. The van der Waals surface area contributed by atoms with E-state index in [0.717, 1.165) is 22.2 Å². The molecule has 0 unspecified atom stereocenters. The molecule has 4 aromatic carbocycles. The van der Waals surface area contributed by atoms with E-state index in [1.807, 2.05) is 72.8 Å². The zero-order valence-electron chi connectivity index (χ0n) is 19.3. The smallest absolute Gasteiger partial charge is 0.255 e. The summed E-state index contributed by atoms with van der Waals surface area (Å²) in [6.45, 7) is 1.38. The van der Waals surface area contributed by atoms with Crippen molar-refractivity contribution in [2.75, 3.05) is 11.1 Å². The number of benzene rings is 4. The topological polar surface area (TPSA) is 58.4 Å². The molecule has 3 N–H and O–H groups in total. The van der Waals surface area contributed by atoms with E-state index >= 15 is 0 Å². The molecule has 0 spiro atoms. The average molecular weight is 498 g/mol. The number of thioether (sulfide) groups is 1. The first kappa shape index (κ1) is 24.5. The van der Waals surface area contributed by atoms with Gasteiger partial charge in [0, 0.05) is 24.4 Å². The molecule has 4 nitrogen and oxygen atoms in total. The van der Waals surface area contributed by atoms with Crippen LogP contribution < -0.4 is 11.1 Å². The molecule has 0 fully saturated rings. The molecular formula is C29H27N3OS2. The molecule has 4 rings (SSSR count). The number of hydrogen-bond acceptors (Lipinski definition) is 4. The van der Waals surface area contributed by atoms with Crippen molar-refractivity contribution in [3.63, 3.8) is 0 Å². The Hall–Kier alpha value is -3.61. The second kappa shape index (κ2) is 12.2. The summed E-state index contributed by atoms with van der Waals surface area (Å²) in [5.74, 6) is 0.636. The number of amides is 1. The van der Waals surface area contributed by atoms with Crippen molar-refractivity contribution in [2.45, 2.75) is 18.8 Å². The van der Waals surface area contributed by atoms with Crippen LogP contribution in [0.5, 0.6) is 0 Å². The van der Waals surface area contributed by atoms with E-state index in [4.69, 9.17) is 18.0 Å². The maximum atomic E-state index is 12.7. The normalized spacial score (nSPS) is 10.5. The van der Waals surface area contributed by atoms with Crippen molar-refractivity contribution in [1.82, 2.24) is 4.90 Å². The number of carbonyl (C=O) groups is 1. The van der Waals surface area contributed by atoms with Crippen LogP contribution in [0.15, 0.2) is 109 Å². The van der Waals surface area contributed by atoms with Gasteiger partial charge in [-0.25, -0.2) is 0 Å². The summed E-state index contributed by atoms with van der Waals surface area (Å²) < 4.78 is 0.846. The minimum absolute atomic E-state index is 0.190. The maximum Gasteiger partial charge on any atom is 0.255 e. The van der Waals surface area contributed by atoms with Gasteiger partial charge in [-0.2, -0.15) is 0 Å². The lowest BCUT2D eigenvalue weighted by Gasteiger charge is -2.25. The van der Waals surface area contributed by atoms with Crippen LogP contribution >= 0.6 is 24.0 Å². The van der Waals surface area contributed by atoms with E-state index < -0.39 is 0 Å². The molecule has 176 valence electrons. The molecule has 0 saturated heterocycles. The van der Waals surface area contributed by atoms with Crippen molar-refractivity contribution >= 4 is 45.6 Å². The summed E-state index contributed by atoms with van der Waals surface area (Å²) in [5.41, 5.74) is 11.2. The first-order valence-electron chi connectivity index (χ1n) is 11.3. The summed E-state index contributed by atoms with van der Waals surface area (Å²) >= 11 is 7.51. The summed E-state index contributed by atoms with van der Waals surface area (Å²) in [5, 5.41) is 2.87. The van der Waals surface area contributed by atoms with Gasteiger partial charge in [0.05, 0.1) is 11.4 Å². The number of rotatable bonds is 8. The van der Waals surface area contributed by atoms with Gasteiger partial charge in [-0.15, -0.1) is 0 Å². The van der Waals surface area contributed by atoms with Crippen LogP contribution in [0.1, 0.15) is 27.0 Å². The Balaban J connectivity index is 1.44. The average Bonchev–Trinajstić information content (AvgIpc) is 2.90. The van der Waals surface area contributed by atoms with Gasteiger partial charge >= 0.3 is 0 Å². The summed E-state index contributed by atoms with van der Waals surface area (Å²) in [4.78, 5) is 14.9. The Kier molecular flexibility index (Phi) is 8.54. The highest BCUT2D eigenvalue weighted by atomic mass is 32.2. The van der Waals surface area contributed by atoms with Crippen molar-refractivity contribution < 1.29 is 4.79 Å². The first-order valence-corrected chi connectivity index (χ1v) is 12.7. The Bertz CT molecular complexity index is 1260. The Morgan fingerprint density at radius 2 is 1.29 bits per heavy atom. The number of nitrogens with one attached hydrogen (secondary N) is 1. The maximum absolute atomic E-state index is 12.7. The molecular weight excluding hydrogens is 470 g/mol. The van der Waals surface area contributed by atoms with Crippen LogP contribution in [0.2, 0.25) is 0 Å². The summed E-state index contributed by atoms with van der Waals surface area (Å²) in [6.07, 6.45) is 0. The van der Waals surface area contributed by atoms with E-state index in [2.05, 4.69) is 34.5 Å². The third kappa shape index (κ3) is 7.18. The molecule has 0 heterocycles. The second-order valence-electron chi connectivity index (χ2n) is 8.12. The fourth-order valence-electron chi connectivity index (χ4n) is 3.59. The van der Waals surface area contributed by atoms with Gasteiger partial charge in [0.15, 0.2) is 0 Å². The minimum atomic E-state index is -0.190. The Morgan fingerprint density at radius 3 is 1.91 bits per heavy atom. The highest BCUT2D eigenvalue weighted by Crippen LogP contribution is 2.22. The van der Waals surface area contributed by atoms with Crippen molar-refractivity contribution in [2.24, 2.45) is 0 Å². The van der Waals surface area contributed by atoms with Crippen molar-refractivity contribution in [1.29, 1.82) is 0 Å². The van der Waals surface area contributed by atoms with E-state index in [9.17, 15) is 4.79 Å². The number of nitrogens with zero attached hydrogens (tertiary/aromatic N) is 1. The largest absolute Gasteiger partial charge is 0.397 e. The molecule has 0 aliphatic heterocycles. The molecule has 0 radical (unpaired) electrons. The monoisotopic (exact) mass is 497 g/mol. The number of hydrogen-bond donors (Lipinski definition) is 2. The fraction of sp³-hybridized carbons (Fsp3) is 0.103. The molecule has 1 amide bonds. The van der Waals surface area contributed by atoms with Gasteiger partial charge in [-0.05, 0) is 41.0 Å². The zero-order chi connectivity index (χ0) is 24.5. The molecule has 6 heteroatoms. The van der Waals surface area contributed by atoms with Crippen molar-refractivity contribution in [3.8, 4) is 0 Å². The number of nitrogens with two attached hydrogens (primary N) is 1. The first-order chi connectivity index (χ1) is 17.1. The second-order valence-corrected chi connectivity index (χ2v) is 9.73. The fourth-order valence-corrected chi connectivity index (χ4v) is 4.69. The number of carbonyl (C=O) groups excluding carboxylic acids is 1. The van der Waals surface area contributed by atoms with E-state index in [-0.39, 0.29) is 5.91 Å². The third-order valence-electron chi connectivity index (χ3n) is 5.48. The molecule has 35 heavy (non-hydrogen) atoms. The Morgan fingerprint density at radius 1 is 0.743 bits per heavy atom. The van der Waals surface area contributed by atoms with Gasteiger partial charge in [0.25, 0.3) is 5.91 Å². The number of nitrogen functional groups attached to an aromatic ring is 1. The van der Waals surface area contributed by atoms with E-state index in [0.29, 0.717) is 23.5 Å². The Labute approximate surface area is 216 Å². The van der Waals surface area contributed by atoms with Crippen LogP contribution in [-0.2, 0) is 18.8 Å². The standard InChI is InChI=1S/C29H27N3OS2/c30-26-13-7-8-14-27(26)31-28(33)25-17-15-23(16-18-25)20-32(19-22-9-3-1-4-10-22)29(34)35-21-24-11-5-2-6-12-24/h1-18H,19-21,30H2,(H,31,33). The van der Waals surface area contributed by atoms with E-state index in [1.165, 1.54) is 11.1 Å². The van der Waals surface area contributed by atoms with Gasteiger partial charge in [0.2, 0.25) is 0 Å². The van der Waals surface area contributed by atoms with Gasteiger partial charge in [-0.1, -0.05) is 109 Å². The quantitative estimate of drug-likeness (QED) is 0.208. The van der Waals surface area contributed by atoms with Crippen LogP contribution in [0.3, 0.4) is 0 Å². The van der Waals surface area contributed by atoms with Crippen molar-refractivity contribution in [3.05, 3.63) is 131 Å². The summed E-state index contributed by atoms with van der Waals surface area (Å²) in [6, 6.07) is 35.5. The lowest BCUT2D eigenvalue weighted by Crippen LogP contribution is -2.26. The zero-order valence-corrected chi connectivity index (χ0v) is 20.9.